The minimum atomic E-state index is -3.70. The highest BCUT2D eigenvalue weighted by Crippen LogP contribution is 2.26. The molecule has 2 aromatic carbocycles. The van der Waals surface area contributed by atoms with Crippen molar-refractivity contribution in [1.82, 2.24) is 4.31 Å². The lowest BCUT2D eigenvalue weighted by Crippen LogP contribution is -2.50. The molecule has 0 aliphatic carbocycles. The molecular formula is C19H21BrClN3O3S. The zero-order valence-electron chi connectivity index (χ0n) is 15.4. The first-order valence-corrected chi connectivity index (χ1v) is 11.6. The number of hydrogen-bond acceptors (Lipinski definition) is 4. The molecule has 9 heteroatoms. The van der Waals surface area contributed by atoms with Crippen LogP contribution in [0.1, 0.15) is 5.56 Å². The second kappa shape index (κ2) is 8.82. The topological polar surface area (TPSA) is 69.7 Å². The molecule has 1 amide bonds. The summed E-state index contributed by atoms with van der Waals surface area (Å²) in [5.41, 5.74) is 2.63. The molecule has 1 N–H and O–H groups in total. The van der Waals surface area contributed by atoms with Crippen LogP contribution in [0.3, 0.4) is 0 Å². The summed E-state index contributed by atoms with van der Waals surface area (Å²) in [6, 6.07) is 13.1. The third-order valence-corrected chi connectivity index (χ3v) is 7.10. The number of benzene rings is 2. The zero-order valence-corrected chi connectivity index (χ0v) is 18.5. The number of nitrogens with zero attached hydrogens (tertiary/aromatic N) is 2. The van der Waals surface area contributed by atoms with Gasteiger partial charge in [-0.25, -0.2) is 8.42 Å². The first-order valence-electron chi connectivity index (χ1n) is 8.79. The van der Waals surface area contributed by atoms with Gasteiger partial charge in [-0.15, -0.1) is 0 Å². The molecule has 0 radical (unpaired) electrons. The number of amides is 1. The van der Waals surface area contributed by atoms with Crippen molar-refractivity contribution in [1.29, 1.82) is 0 Å². The predicted octanol–water partition coefficient (Wildman–Crippen LogP) is 3.50. The summed E-state index contributed by atoms with van der Waals surface area (Å²) < 4.78 is 27.4. The van der Waals surface area contributed by atoms with Gasteiger partial charge in [-0.2, -0.15) is 4.31 Å². The Balaban J connectivity index is 1.58. The van der Waals surface area contributed by atoms with E-state index in [0.717, 1.165) is 15.7 Å². The Bertz CT molecular complexity index is 976. The molecular weight excluding hydrogens is 466 g/mol. The Morgan fingerprint density at radius 2 is 1.86 bits per heavy atom. The number of anilines is 2. The molecule has 1 aliphatic rings. The van der Waals surface area contributed by atoms with Crippen LogP contribution in [-0.4, -0.2) is 50.6 Å². The van der Waals surface area contributed by atoms with Gasteiger partial charge in [-0.3, -0.25) is 4.79 Å². The minimum absolute atomic E-state index is 0.340. The van der Waals surface area contributed by atoms with Crippen molar-refractivity contribution in [2.45, 2.75) is 6.92 Å². The number of halogens is 2. The fourth-order valence-corrected chi connectivity index (χ4v) is 5.11. The number of carbonyl (C=O) groups is 1. The molecule has 0 unspecified atom stereocenters. The van der Waals surface area contributed by atoms with Crippen molar-refractivity contribution in [2.75, 3.05) is 42.1 Å². The highest BCUT2D eigenvalue weighted by Gasteiger charge is 2.29. The normalized spacial score (nSPS) is 15.5. The van der Waals surface area contributed by atoms with Gasteiger partial charge in [0.2, 0.25) is 15.9 Å². The SMILES string of the molecule is Cc1cccc(N2CCN(S(=O)(=O)CC(=O)Nc3ccc(Br)cc3Cl)CC2)c1. The van der Waals surface area contributed by atoms with Crippen LogP contribution < -0.4 is 10.2 Å². The zero-order chi connectivity index (χ0) is 20.3. The second-order valence-electron chi connectivity index (χ2n) is 6.65. The van der Waals surface area contributed by atoms with Gasteiger partial charge in [0.15, 0.2) is 0 Å². The molecule has 6 nitrogen and oxygen atoms in total. The van der Waals surface area contributed by atoms with E-state index in [1.807, 2.05) is 25.1 Å². The fourth-order valence-electron chi connectivity index (χ4n) is 3.08. The predicted molar refractivity (Wildman–Crippen MR) is 117 cm³/mol. The summed E-state index contributed by atoms with van der Waals surface area (Å²) in [4.78, 5) is 14.4. The van der Waals surface area contributed by atoms with Crippen LogP contribution in [0.4, 0.5) is 11.4 Å². The summed E-state index contributed by atoms with van der Waals surface area (Å²) in [5.74, 6) is -1.21. The van der Waals surface area contributed by atoms with Crippen molar-refractivity contribution in [2.24, 2.45) is 0 Å². The molecule has 150 valence electrons. The van der Waals surface area contributed by atoms with E-state index in [9.17, 15) is 13.2 Å². The number of nitrogens with one attached hydrogen (secondary N) is 1. The van der Waals surface area contributed by atoms with E-state index >= 15 is 0 Å². The van der Waals surface area contributed by atoms with E-state index < -0.39 is 21.7 Å². The number of sulfonamides is 1. The van der Waals surface area contributed by atoms with Gasteiger partial charge in [0.05, 0.1) is 10.7 Å². The van der Waals surface area contributed by atoms with Crippen LogP contribution in [0, 0.1) is 6.92 Å². The van der Waals surface area contributed by atoms with Crippen LogP contribution in [0.15, 0.2) is 46.9 Å². The number of piperazine rings is 1. The van der Waals surface area contributed by atoms with E-state index in [1.165, 1.54) is 4.31 Å². The maximum Gasteiger partial charge on any atom is 0.241 e. The first kappa shape index (κ1) is 21.1. The van der Waals surface area contributed by atoms with Gasteiger partial charge in [-0.1, -0.05) is 39.7 Å². The van der Waals surface area contributed by atoms with Crippen molar-refractivity contribution >= 4 is 54.8 Å². The summed E-state index contributed by atoms with van der Waals surface area (Å²) in [5, 5.41) is 2.91. The van der Waals surface area contributed by atoms with Crippen molar-refractivity contribution in [3.05, 3.63) is 57.5 Å². The first-order chi connectivity index (χ1) is 13.2. The molecule has 0 aromatic heterocycles. The quantitative estimate of drug-likeness (QED) is 0.702. The number of rotatable bonds is 5. The van der Waals surface area contributed by atoms with Crippen LogP contribution in [0.2, 0.25) is 5.02 Å². The monoisotopic (exact) mass is 485 g/mol. The van der Waals surface area contributed by atoms with Crippen LogP contribution >= 0.6 is 27.5 Å². The average molecular weight is 487 g/mol. The van der Waals surface area contributed by atoms with E-state index in [0.29, 0.717) is 36.9 Å². The van der Waals surface area contributed by atoms with E-state index in [4.69, 9.17) is 11.6 Å². The van der Waals surface area contributed by atoms with Gasteiger partial charge >= 0.3 is 0 Å². The van der Waals surface area contributed by atoms with Gasteiger partial charge in [-0.05, 0) is 42.8 Å². The average Bonchev–Trinajstić information content (AvgIpc) is 2.64. The molecule has 0 atom stereocenters. The Morgan fingerprint density at radius 3 is 2.50 bits per heavy atom. The summed E-state index contributed by atoms with van der Waals surface area (Å²) in [6.07, 6.45) is 0. The second-order valence-corrected chi connectivity index (χ2v) is 9.95. The lowest BCUT2D eigenvalue weighted by Gasteiger charge is -2.35. The Hall–Kier alpha value is -1.61. The highest BCUT2D eigenvalue weighted by atomic mass is 79.9. The lowest BCUT2D eigenvalue weighted by atomic mass is 10.2. The molecule has 0 spiro atoms. The molecule has 28 heavy (non-hydrogen) atoms. The van der Waals surface area contributed by atoms with Crippen molar-refractivity contribution < 1.29 is 13.2 Å². The van der Waals surface area contributed by atoms with Crippen molar-refractivity contribution in [3.63, 3.8) is 0 Å². The minimum Gasteiger partial charge on any atom is -0.369 e. The molecule has 0 bridgehead atoms. The number of aryl methyl sites for hydroxylation is 1. The summed E-state index contributed by atoms with van der Waals surface area (Å²) in [7, 11) is -3.70. The van der Waals surface area contributed by atoms with E-state index in [2.05, 4.69) is 32.2 Å². The third kappa shape index (κ3) is 5.26. The highest BCUT2D eigenvalue weighted by molar-refractivity contribution is 9.10. The Kier molecular flexibility index (Phi) is 6.65. The number of hydrogen-bond donors (Lipinski definition) is 1. The van der Waals surface area contributed by atoms with Crippen LogP contribution in [0.5, 0.6) is 0 Å². The molecule has 1 heterocycles. The molecule has 3 rings (SSSR count). The number of carbonyl (C=O) groups excluding carboxylic acids is 1. The maximum atomic E-state index is 12.6. The molecule has 1 fully saturated rings. The smallest absolute Gasteiger partial charge is 0.241 e. The summed E-state index contributed by atoms with van der Waals surface area (Å²) in [6.45, 7) is 3.90. The van der Waals surface area contributed by atoms with Gasteiger partial charge in [0, 0.05) is 36.3 Å². The third-order valence-electron chi connectivity index (χ3n) is 4.52. The van der Waals surface area contributed by atoms with Crippen molar-refractivity contribution in [3.8, 4) is 0 Å². The fraction of sp³-hybridized carbons (Fsp3) is 0.316. The lowest BCUT2D eigenvalue weighted by molar-refractivity contribution is -0.113. The summed E-state index contributed by atoms with van der Waals surface area (Å²) >= 11 is 9.35. The maximum absolute atomic E-state index is 12.6. The Morgan fingerprint density at radius 1 is 1.14 bits per heavy atom. The Labute approximate surface area is 178 Å². The molecule has 0 saturated carbocycles. The van der Waals surface area contributed by atoms with Gasteiger partial charge < -0.3 is 10.2 Å². The van der Waals surface area contributed by atoms with E-state index in [1.54, 1.807) is 18.2 Å². The molecule has 1 aliphatic heterocycles. The largest absolute Gasteiger partial charge is 0.369 e. The standard InChI is InChI=1S/C19H21BrClN3O3S/c1-14-3-2-4-16(11-14)23-7-9-24(10-8-23)28(26,27)13-19(25)22-18-6-5-15(20)12-17(18)21/h2-6,11-12H,7-10,13H2,1H3,(H,22,25). The van der Waals surface area contributed by atoms with Gasteiger partial charge in [0.25, 0.3) is 0 Å². The van der Waals surface area contributed by atoms with Crippen LogP contribution in [-0.2, 0) is 14.8 Å². The van der Waals surface area contributed by atoms with Gasteiger partial charge in [0.1, 0.15) is 5.75 Å². The molecule has 1 saturated heterocycles. The molecule has 2 aromatic rings. The van der Waals surface area contributed by atoms with E-state index in [-0.39, 0.29) is 0 Å². The van der Waals surface area contributed by atoms with Crippen LogP contribution in [0.25, 0.3) is 0 Å².